The van der Waals surface area contributed by atoms with Crippen molar-refractivity contribution in [2.75, 3.05) is 0 Å². The summed E-state index contributed by atoms with van der Waals surface area (Å²) in [7, 11) is 0. The summed E-state index contributed by atoms with van der Waals surface area (Å²) in [6, 6.07) is 4.70. The van der Waals surface area contributed by atoms with Crippen molar-refractivity contribution in [2.45, 2.75) is 19.4 Å². The molecule has 1 aromatic carbocycles. The molecule has 0 radical (unpaired) electrons. The van der Waals surface area contributed by atoms with E-state index in [-0.39, 0.29) is 11.9 Å². The molecule has 0 aliphatic rings. The van der Waals surface area contributed by atoms with Crippen LogP contribution in [0.15, 0.2) is 30.9 Å². The van der Waals surface area contributed by atoms with Gasteiger partial charge < -0.3 is 5.73 Å². The molecule has 0 saturated heterocycles. The number of halogens is 1. The minimum absolute atomic E-state index is 0.183. The van der Waals surface area contributed by atoms with Crippen molar-refractivity contribution < 1.29 is 4.39 Å². The lowest BCUT2D eigenvalue weighted by Crippen LogP contribution is -2.10. The summed E-state index contributed by atoms with van der Waals surface area (Å²) in [5, 5.41) is 0. The molecule has 0 aliphatic carbocycles. The van der Waals surface area contributed by atoms with Gasteiger partial charge in [0.05, 0.1) is 0 Å². The second-order valence-corrected chi connectivity index (χ2v) is 2.92. The lowest BCUT2D eigenvalue weighted by Gasteiger charge is -2.12. The summed E-state index contributed by atoms with van der Waals surface area (Å²) in [5.41, 5.74) is 7.28. The quantitative estimate of drug-likeness (QED) is 0.709. The van der Waals surface area contributed by atoms with Crippen molar-refractivity contribution in [1.82, 2.24) is 0 Å². The molecule has 1 nitrogen and oxygen atoms in total. The highest BCUT2D eigenvalue weighted by Gasteiger charge is 2.09. The Balaban J connectivity index is 3.19. The molecule has 1 aromatic rings. The van der Waals surface area contributed by atoms with E-state index in [9.17, 15) is 4.39 Å². The maximum atomic E-state index is 13.3. The first kappa shape index (κ1) is 9.93. The first-order valence-electron chi connectivity index (χ1n) is 4.36. The lowest BCUT2D eigenvalue weighted by molar-refractivity contribution is 0.606. The highest BCUT2D eigenvalue weighted by molar-refractivity contribution is 5.33. The van der Waals surface area contributed by atoms with E-state index in [1.807, 2.05) is 13.0 Å². The van der Waals surface area contributed by atoms with Gasteiger partial charge in [-0.3, -0.25) is 0 Å². The Kier molecular flexibility index (Phi) is 3.20. The minimum Gasteiger partial charge on any atom is -0.321 e. The molecule has 0 bridgehead atoms. The van der Waals surface area contributed by atoms with Gasteiger partial charge in [0.25, 0.3) is 0 Å². The molecule has 1 unspecified atom stereocenters. The Hall–Kier alpha value is -1.15. The van der Waals surface area contributed by atoms with E-state index in [0.29, 0.717) is 12.0 Å². The van der Waals surface area contributed by atoms with E-state index in [2.05, 4.69) is 6.58 Å². The Bertz CT molecular complexity index is 307. The largest absolute Gasteiger partial charge is 0.321 e. The van der Waals surface area contributed by atoms with Crippen molar-refractivity contribution in [3.05, 3.63) is 47.8 Å². The average Bonchev–Trinajstić information content (AvgIpc) is 2.16. The van der Waals surface area contributed by atoms with E-state index in [0.717, 1.165) is 5.56 Å². The Labute approximate surface area is 78.1 Å². The first-order chi connectivity index (χ1) is 6.20. The molecule has 13 heavy (non-hydrogen) atoms. The summed E-state index contributed by atoms with van der Waals surface area (Å²) in [6.07, 6.45) is 2.28. The summed E-state index contributed by atoms with van der Waals surface area (Å²) in [6.45, 7) is 5.51. The molecule has 1 rings (SSSR count). The predicted molar refractivity (Wildman–Crippen MR) is 52.9 cm³/mol. The topological polar surface area (TPSA) is 26.0 Å². The molecule has 0 amide bonds. The SMILES string of the molecule is C=CC(N)c1cccc(F)c1CC. The van der Waals surface area contributed by atoms with Crippen molar-refractivity contribution in [2.24, 2.45) is 5.73 Å². The highest BCUT2D eigenvalue weighted by atomic mass is 19.1. The van der Waals surface area contributed by atoms with Gasteiger partial charge in [-0.2, -0.15) is 0 Å². The summed E-state index contributed by atoms with van der Waals surface area (Å²) in [4.78, 5) is 0. The molecule has 0 heterocycles. The van der Waals surface area contributed by atoms with Crippen LogP contribution in [0, 0.1) is 5.82 Å². The molecule has 0 fully saturated rings. The van der Waals surface area contributed by atoms with Gasteiger partial charge in [0.2, 0.25) is 0 Å². The second kappa shape index (κ2) is 4.19. The smallest absolute Gasteiger partial charge is 0.126 e. The summed E-state index contributed by atoms with van der Waals surface area (Å²) < 4.78 is 13.3. The van der Waals surface area contributed by atoms with Crippen molar-refractivity contribution in [1.29, 1.82) is 0 Å². The van der Waals surface area contributed by atoms with Gasteiger partial charge in [-0.15, -0.1) is 6.58 Å². The van der Waals surface area contributed by atoms with Crippen LogP contribution >= 0.6 is 0 Å². The Morgan fingerprint density at radius 2 is 2.31 bits per heavy atom. The molecule has 0 saturated carbocycles. The second-order valence-electron chi connectivity index (χ2n) is 2.92. The fourth-order valence-corrected chi connectivity index (χ4v) is 1.39. The van der Waals surface area contributed by atoms with E-state index in [1.54, 1.807) is 12.1 Å². The number of nitrogens with two attached hydrogens (primary N) is 1. The zero-order valence-corrected chi connectivity index (χ0v) is 7.76. The van der Waals surface area contributed by atoms with Gasteiger partial charge >= 0.3 is 0 Å². The molecular formula is C11H14FN. The van der Waals surface area contributed by atoms with Gasteiger partial charge in [-0.05, 0) is 23.6 Å². The Morgan fingerprint density at radius 3 is 2.85 bits per heavy atom. The van der Waals surface area contributed by atoms with Crippen LogP contribution in [0.3, 0.4) is 0 Å². The molecular weight excluding hydrogens is 165 g/mol. The van der Waals surface area contributed by atoms with Crippen molar-refractivity contribution >= 4 is 0 Å². The monoisotopic (exact) mass is 179 g/mol. The standard InChI is InChI=1S/C11H14FN/c1-3-8-9(11(13)4-2)6-5-7-10(8)12/h4-7,11H,2-3,13H2,1H3. The third-order valence-corrected chi connectivity index (χ3v) is 2.12. The number of hydrogen-bond acceptors (Lipinski definition) is 1. The van der Waals surface area contributed by atoms with Crippen LogP contribution in [-0.2, 0) is 6.42 Å². The summed E-state index contributed by atoms with van der Waals surface area (Å²) in [5.74, 6) is -0.183. The molecule has 0 aromatic heterocycles. The van der Waals surface area contributed by atoms with Crippen LogP contribution < -0.4 is 5.73 Å². The highest BCUT2D eigenvalue weighted by Crippen LogP contribution is 2.20. The van der Waals surface area contributed by atoms with E-state index in [4.69, 9.17) is 5.73 Å². The van der Waals surface area contributed by atoms with Crippen LogP contribution in [0.4, 0.5) is 4.39 Å². The predicted octanol–water partition coefficient (Wildman–Crippen LogP) is 2.57. The number of benzene rings is 1. The van der Waals surface area contributed by atoms with Crippen LogP contribution in [0.1, 0.15) is 24.1 Å². The molecule has 70 valence electrons. The minimum atomic E-state index is -0.273. The molecule has 1 atom stereocenters. The van der Waals surface area contributed by atoms with Gasteiger partial charge in [0.15, 0.2) is 0 Å². The fraction of sp³-hybridized carbons (Fsp3) is 0.273. The Morgan fingerprint density at radius 1 is 1.62 bits per heavy atom. The fourth-order valence-electron chi connectivity index (χ4n) is 1.39. The van der Waals surface area contributed by atoms with E-state index in [1.165, 1.54) is 6.07 Å². The maximum absolute atomic E-state index is 13.3. The van der Waals surface area contributed by atoms with Gasteiger partial charge in [0, 0.05) is 6.04 Å². The third-order valence-electron chi connectivity index (χ3n) is 2.12. The molecule has 2 heteroatoms. The zero-order valence-electron chi connectivity index (χ0n) is 7.76. The molecule has 0 spiro atoms. The average molecular weight is 179 g/mol. The van der Waals surface area contributed by atoms with Crippen molar-refractivity contribution in [3.63, 3.8) is 0 Å². The number of rotatable bonds is 3. The van der Waals surface area contributed by atoms with Gasteiger partial charge in [-0.25, -0.2) is 4.39 Å². The summed E-state index contributed by atoms with van der Waals surface area (Å²) >= 11 is 0. The molecule has 0 aliphatic heterocycles. The van der Waals surface area contributed by atoms with Crippen LogP contribution in [-0.4, -0.2) is 0 Å². The normalized spacial score (nSPS) is 12.5. The lowest BCUT2D eigenvalue weighted by atomic mass is 9.99. The zero-order chi connectivity index (χ0) is 9.84. The van der Waals surface area contributed by atoms with Crippen LogP contribution in [0.5, 0.6) is 0 Å². The van der Waals surface area contributed by atoms with E-state index < -0.39 is 0 Å². The van der Waals surface area contributed by atoms with Crippen molar-refractivity contribution in [3.8, 4) is 0 Å². The van der Waals surface area contributed by atoms with Gasteiger partial charge in [-0.1, -0.05) is 25.1 Å². The van der Waals surface area contributed by atoms with E-state index >= 15 is 0 Å². The molecule has 2 N–H and O–H groups in total. The van der Waals surface area contributed by atoms with Gasteiger partial charge in [0.1, 0.15) is 5.82 Å². The first-order valence-corrected chi connectivity index (χ1v) is 4.36. The van der Waals surface area contributed by atoms with Crippen LogP contribution in [0.25, 0.3) is 0 Å². The number of hydrogen-bond donors (Lipinski definition) is 1. The van der Waals surface area contributed by atoms with Crippen LogP contribution in [0.2, 0.25) is 0 Å². The third kappa shape index (κ3) is 1.95. The maximum Gasteiger partial charge on any atom is 0.126 e.